The van der Waals surface area contributed by atoms with Crippen molar-refractivity contribution >= 4 is 5.97 Å². The molecule has 0 amide bonds. The summed E-state index contributed by atoms with van der Waals surface area (Å²) in [7, 11) is 0. The number of hydrogen-bond acceptors (Lipinski definition) is 2. The van der Waals surface area contributed by atoms with E-state index in [4.69, 9.17) is 0 Å². The predicted molar refractivity (Wildman–Crippen MR) is 42.2 cm³/mol. The fourth-order valence-corrected chi connectivity index (χ4v) is 0.777. The van der Waals surface area contributed by atoms with Crippen LogP contribution in [0.3, 0.4) is 0 Å². The Morgan fingerprint density at radius 1 is 1.33 bits per heavy atom. The van der Waals surface area contributed by atoms with Crippen molar-refractivity contribution in [2.45, 2.75) is 6.61 Å². The monoisotopic (exact) mass is 167 g/mol. The SMILES string of the molecule is O=C(C[18F])OCc1ccccc1. The van der Waals surface area contributed by atoms with E-state index in [0.717, 1.165) is 5.56 Å². The summed E-state index contributed by atoms with van der Waals surface area (Å²) in [6.45, 7) is -0.920. The van der Waals surface area contributed by atoms with E-state index in [-0.39, 0.29) is 6.61 Å². The van der Waals surface area contributed by atoms with Gasteiger partial charge in [0, 0.05) is 0 Å². The minimum atomic E-state index is -1.06. The molecule has 64 valence electrons. The first-order chi connectivity index (χ1) is 5.83. The van der Waals surface area contributed by atoms with Crippen LogP contribution in [0.2, 0.25) is 0 Å². The lowest BCUT2D eigenvalue weighted by Crippen LogP contribution is -2.05. The molecule has 0 aliphatic heterocycles. The number of hydrogen-bond donors (Lipinski definition) is 0. The molecule has 0 N–H and O–H groups in total. The Hall–Kier alpha value is -1.38. The van der Waals surface area contributed by atoms with Crippen LogP contribution in [0, 0.1) is 0 Å². The summed E-state index contributed by atoms with van der Waals surface area (Å²) in [4.78, 5) is 10.4. The van der Waals surface area contributed by atoms with Gasteiger partial charge in [-0.3, -0.25) is 0 Å². The van der Waals surface area contributed by atoms with Gasteiger partial charge in [-0.25, -0.2) is 9.18 Å². The van der Waals surface area contributed by atoms with E-state index in [2.05, 4.69) is 4.74 Å². The van der Waals surface area contributed by atoms with E-state index in [0.29, 0.717) is 0 Å². The molecule has 0 aliphatic rings. The molecule has 1 aromatic rings. The lowest BCUT2D eigenvalue weighted by atomic mass is 10.2. The highest BCUT2D eigenvalue weighted by Gasteiger charge is 2.00. The second-order valence-corrected chi connectivity index (χ2v) is 2.28. The van der Waals surface area contributed by atoms with Crippen molar-refractivity contribution in [3.63, 3.8) is 0 Å². The van der Waals surface area contributed by atoms with Crippen LogP contribution in [-0.2, 0) is 16.1 Å². The van der Waals surface area contributed by atoms with Crippen molar-refractivity contribution in [2.24, 2.45) is 0 Å². The van der Waals surface area contributed by atoms with Gasteiger partial charge in [0.15, 0.2) is 6.67 Å². The van der Waals surface area contributed by atoms with Crippen molar-refractivity contribution in [3.8, 4) is 0 Å². The summed E-state index contributed by atoms with van der Waals surface area (Å²) in [6.07, 6.45) is 0. The van der Waals surface area contributed by atoms with E-state index in [1.807, 2.05) is 30.3 Å². The molecule has 0 saturated heterocycles. The maximum atomic E-state index is 11.6. The molecule has 0 saturated carbocycles. The quantitative estimate of drug-likeness (QED) is 0.640. The van der Waals surface area contributed by atoms with Gasteiger partial charge in [0.25, 0.3) is 0 Å². The summed E-state index contributed by atoms with van der Waals surface area (Å²) in [5, 5.41) is 0. The number of rotatable bonds is 3. The summed E-state index contributed by atoms with van der Waals surface area (Å²) in [5.41, 5.74) is 0.860. The molecule has 0 heterocycles. The van der Waals surface area contributed by atoms with Gasteiger partial charge >= 0.3 is 5.97 Å². The van der Waals surface area contributed by atoms with Crippen molar-refractivity contribution in [3.05, 3.63) is 35.9 Å². The van der Waals surface area contributed by atoms with Gasteiger partial charge < -0.3 is 4.74 Å². The first kappa shape index (κ1) is 8.71. The van der Waals surface area contributed by atoms with Crippen LogP contribution in [-0.4, -0.2) is 12.6 Å². The second-order valence-electron chi connectivity index (χ2n) is 2.28. The number of benzene rings is 1. The second kappa shape index (κ2) is 4.49. The largest absolute Gasteiger partial charge is 0.459 e. The molecule has 0 unspecified atom stereocenters. The molecular formula is C9H9FO2. The smallest absolute Gasteiger partial charge is 0.337 e. The Morgan fingerprint density at radius 3 is 2.58 bits per heavy atom. The van der Waals surface area contributed by atoms with Crippen LogP contribution in [0.1, 0.15) is 5.56 Å². The standard InChI is InChI=1S/C9H9FO2/c10-6-9(11)12-7-8-4-2-1-3-5-8/h1-5H,6-7H2/i10-1. The van der Waals surface area contributed by atoms with E-state index in [1.165, 1.54) is 0 Å². The minimum Gasteiger partial charge on any atom is -0.459 e. The van der Waals surface area contributed by atoms with E-state index >= 15 is 0 Å². The molecular weight excluding hydrogens is 158 g/mol. The van der Waals surface area contributed by atoms with Gasteiger partial charge in [-0.15, -0.1) is 0 Å². The summed E-state index contributed by atoms with van der Waals surface area (Å²) in [5.74, 6) is -0.821. The number of halogens is 1. The molecule has 2 nitrogen and oxygen atoms in total. The third-order valence-corrected chi connectivity index (χ3v) is 1.35. The Labute approximate surface area is 70.0 Å². The van der Waals surface area contributed by atoms with Crippen LogP contribution in [0.5, 0.6) is 0 Å². The molecule has 0 aromatic heterocycles. The number of carbonyl (C=O) groups excluding carboxylic acids is 1. The maximum Gasteiger partial charge on any atom is 0.337 e. The van der Waals surface area contributed by atoms with E-state index in [9.17, 15) is 9.18 Å². The molecule has 0 atom stereocenters. The van der Waals surface area contributed by atoms with Crippen LogP contribution in [0.15, 0.2) is 30.3 Å². The first-order valence-corrected chi connectivity index (χ1v) is 3.58. The van der Waals surface area contributed by atoms with Gasteiger partial charge in [0.2, 0.25) is 0 Å². The highest BCUT2D eigenvalue weighted by Crippen LogP contribution is 2.00. The molecule has 0 radical (unpaired) electrons. The van der Waals surface area contributed by atoms with Crippen molar-refractivity contribution in [1.29, 1.82) is 0 Å². The highest BCUT2D eigenvalue weighted by molar-refractivity contribution is 5.70. The average Bonchev–Trinajstić information content (AvgIpc) is 2.16. The normalized spacial score (nSPS) is 9.42. The van der Waals surface area contributed by atoms with Crippen LogP contribution >= 0.6 is 0 Å². The van der Waals surface area contributed by atoms with E-state index < -0.39 is 12.6 Å². The zero-order chi connectivity index (χ0) is 8.81. The Bertz CT molecular complexity index is 246. The first-order valence-electron chi connectivity index (χ1n) is 3.58. The lowest BCUT2D eigenvalue weighted by Gasteiger charge is -2.00. The summed E-state index contributed by atoms with van der Waals surface area (Å²) in [6, 6.07) is 9.15. The van der Waals surface area contributed by atoms with Crippen LogP contribution < -0.4 is 0 Å². The topological polar surface area (TPSA) is 26.3 Å². The molecule has 0 spiro atoms. The van der Waals surface area contributed by atoms with Gasteiger partial charge in [0.05, 0.1) is 0 Å². The predicted octanol–water partition coefficient (Wildman–Crippen LogP) is 1.70. The Kier molecular flexibility index (Phi) is 3.26. The van der Waals surface area contributed by atoms with Crippen LogP contribution in [0.4, 0.5) is 4.39 Å². The third kappa shape index (κ3) is 2.70. The van der Waals surface area contributed by atoms with E-state index in [1.54, 1.807) is 0 Å². The zero-order valence-corrected chi connectivity index (χ0v) is 6.50. The molecule has 1 rings (SSSR count). The van der Waals surface area contributed by atoms with Crippen LogP contribution in [0.25, 0.3) is 0 Å². The fraction of sp³-hybridized carbons (Fsp3) is 0.222. The number of alkyl halides is 1. The van der Waals surface area contributed by atoms with Gasteiger partial charge in [-0.2, -0.15) is 0 Å². The lowest BCUT2D eigenvalue weighted by molar-refractivity contribution is -0.145. The summed E-state index contributed by atoms with van der Waals surface area (Å²) < 4.78 is 16.2. The molecule has 3 heteroatoms. The van der Waals surface area contributed by atoms with Crippen molar-refractivity contribution in [2.75, 3.05) is 6.67 Å². The number of esters is 1. The number of ether oxygens (including phenoxy) is 1. The van der Waals surface area contributed by atoms with Crippen molar-refractivity contribution in [1.82, 2.24) is 0 Å². The average molecular weight is 167 g/mol. The molecule has 1 aromatic carbocycles. The van der Waals surface area contributed by atoms with Gasteiger partial charge in [-0.05, 0) is 5.56 Å². The molecule has 0 fully saturated rings. The van der Waals surface area contributed by atoms with Crippen molar-refractivity contribution < 1.29 is 13.9 Å². The zero-order valence-electron chi connectivity index (χ0n) is 6.50. The third-order valence-electron chi connectivity index (χ3n) is 1.35. The maximum absolute atomic E-state index is 11.6. The molecule has 0 bridgehead atoms. The Morgan fingerprint density at radius 2 is 2.00 bits per heavy atom. The Balaban J connectivity index is 2.38. The van der Waals surface area contributed by atoms with Gasteiger partial charge in [0.1, 0.15) is 6.61 Å². The summed E-state index contributed by atoms with van der Waals surface area (Å²) >= 11 is 0. The van der Waals surface area contributed by atoms with Gasteiger partial charge in [-0.1, -0.05) is 30.3 Å². The fourth-order valence-electron chi connectivity index (χ4n) is 0.777. The molecule has 0 aliphatic carbocycles. The highest BCUT2D eigenvalue weighted by atomic mass is 18.2. The number of carbonyl (C=O) groups is 1. The minimum absolute atomic E-state index is 0.142. The molecule has 12 heavy (non-hydrogen) atoms.